The molecule has 0 amide bonds. The Hall–Kier alpha value is -1.46. The van der Waals surface area contributed by atoms with Crippen molar-refractivity contribution in [1.29, 1.82) is 0 Å². The number of aryl methyl sites for hydroxylation is 1. The first kappa shape index (κ1) is 13.6. The lowest BCUT2D eigenvalue weighted by Crippen LogP contribution is -2.04. The van der Waals surface area contributed by atoms with Crippen molar-refractivity contribution >= 4 is 12.4 Å². The van der Waals surface area contributed by atoms with Crippen molar-refractivity contribution in [3.63, 3.8) is 0 Å². The van der Waals surface area contributed by atoms with E-state index in [2.05, 4.69) is 10.1 Å². The minimum absolute atomic E-state index is 0. The summed E-state index contributed by atoms with van der Waals surface area (Å²) < 4.78 is 18.0. The van der Waals surface area contributed by atoms with E-state index >= 15 is 0 Å². The van der Waals surface area contributed by atoms with Crippen LogP contribution in [0.5, 0.6) is 0 Å². The lowest BCUT2D eigenvalue weighted by molar-refractivity contribution is 0.362. The van der Waals surface area contributed by atoms with Crippen LogP contribution in [0.2, 0.25) is 0 Å². The van der Waals surface area contributed by atoms with Gasteiger partial charge in [0.1, 0.15) is 5.82 Å². The van der Waals surface area contributed by atoms with E-state index in [1.54, 1.807) is 26.0 Å². The van der Waals surface area contributed by atoms with Crippen LogP contribution in [0.1, 0.15) is 24.4 Å². The van der Waals surface area contributed by atoms with Gasteiger partial charge in [-0.05, 0) is 37.6 Å². The standard InChI is InChI=1S/C11H12FN3O.ClH/c1-6-5-8(3-4-9(6)12)10-14-11(7(2)13)16-15-10;/h3-5,7H,13H2,1-2H3;1H/t7-;/m0./s1. The zero-order valence-electron chi connectivity index (χ0n) is 9.48. The molecule has 17 heavy (non-hydrogen) atoms. The number of benzene rings is 1. The van der Waals surface area contributed by atoms with Crippen molar-refractivity contribution in [3.05, 3.63) is 35.5 Å². The van der Waals surface area contributed by atoms with Gasteiger partial charge in [0.2, 0.25) is 11.7 Å². The van der Waals surface area contributed by atoms with Crippen molar-refractivity contribution in [3.8, 4) is 11.4 Å². The molecule has 0 aliphatic carbocycles. The number of rotatable bonds is 2. The van der Waals surface area contributed by atoms with Crippen LogP contribution in [-0.4, -0.2) is 10.1 Å². The molecule has 2 N–H and O–H groups in total. The van der Waals surface area contributed by atoms with Crippen LogP contribution in [0.4, 0.5) is 4.39 Å². The number of nitrogens with two attached hydrogens (primary N) is 1. The van der Waals surface area contributed by atoms with Crippen molar-refractivity contribution in [2.45, 2.75) is 19.9 Å². The Balaban J connectivity index is 0.00000144. The molecule has 92 valence electrons. The first-order chi connectivity index (χ1) is 7.58. The first-order valence-corrected chi connectivity index (χ1v) is 4.93. The molecule has 6 heteroatoms. The molecule has 1 aromatic carbocycles. The largest absolute Gasteiger partial charge is 0.337 e. The summed E-state index contributed by atoms with van der Waals surface area (Å²) in [4.78, 5) is 4.13. The summed E-state index contributed by atoms with van der Waals surface area (Å²) >= 11 is 0. The Morgan fingerprint density at radius 3 is 2.65 bits per heavy atom. The molecule has 0 unspecified atom stereocenters. The highest BCUT2D eigenvalue weighted by Crippen LogP contribution is 2.20. The second-order valence-electron chi connectivity index (χ2n) is 3.71. The second kappa shape index (κ2) is 5.25. The van der Waals surface area contributed by atoms with E-state index in [9.17, 15) is 4.39 Å². The van der Waals surface area contributed by atoms with E-state index in [4.69, 9.17) is 10.3 Å². The van der Waals surface area contributed by atoms with E-state index in [0.29, 0.717) is 17.3 Å². The predicted octanol–water partition coefficient (Wildman–Crippen LogP) is 2.63. The molecule has 0 bridgehead atoms. The fourth-order valence-electron chi connectivity index (χ4n) is 1.32. The highest BCUT2D eigenvalue weighted by Gasteiger charge is 2.12. The molecule has 1 atom stereocenters. The Morgan fingerprint density at radius 1 is 1.41 bits per heavy atom. The van der Waals surface area contributed by atoms with Crippen LogP contribution in [-0.2, 0) is 0 Å². The summed E-state index contributed by atoms with van der Waals surface area (Å²) in [5.41, 5.74) is 6.87. The van der Waals surface area contributed by atoms with Crippen LogP contribution < -0.4 is 5.73 Å². The zero-order valence-corrected chi connectivity index (χ0v) is 10.3. The molecule has 0 saturated carbocycles. The van der Waals surface area contributed by atoms with Gasteiger partial charge in [-0.3, -0.25) is 0 Å². The maximum Gasteiger partial charge on any atom is 0.243 e. The fraction of sp³-hybridized carbons (Fsp3) is 0.273. The number of nitrogens with zero attached hydrogens (tertiary/aromatic N) is 2. The average molecular weight is 258 g/mol. The predicted molar refractivity (Wildman–Crippen MR) is 64.3 cm³/mol. The highest BCUT2D eigenvalue weighted by molar-refractivity contribution is 5.85. The number of halogens is 2. The molecule has 0 saturated heterocycles. The quantitative estimate of drug-likeness (QED) is 0.898. The van der Waals surface area contributed by atoms with Gasteiger partial charge in [-0.2, -0.15) is 4.98 Å². The molecule has 2 aromatic rings. The highest BCUT2D eigenvalue weighted by atomic mass is 35.5. The second-order valence-corrected chi connectivity index (χ2v) is 3.71. The Kier molecular flexibility index (Phi) is 4.20. The van der Waals surface area contributed by atoms with E-state index in [1.807, 2.05) is 0 Å². The monoisotopic (exact) mass is 257 g/mol. The molecule has 0 spiro atoms. The third kappa shape index (κ3) is 2.81. The van der Waals surface area contributed by atoms with Gasteiger partial charge in [-0.15, -0.1) is 12.4 Å². The molecule has 0 aliphatic rings. The Labute approximate surface area is 104 Å². The van der Waals surface area contributed by atoms with Crippen molar-refractivity contribution in [2.75, 3.05) is 0 Å². The normalized spacial score (nSPS) is 12.0. The summed E-state index contributed by atoms with van der Waals surface area (Å²) in [5, 5.41) is 3.79. The Morgan fingerprint density at radius 2 is 2.12 bits per heavy atom. The third-order valence-corrected chi connectivity index (χ3v) is 2.25. The van der Waals surface area contributed by atoms with Gasteiger partial charge in [0, 0.05) is 5.56 Å². The molecule has 0 aliphatic heterocycles. The SMILES string of the molecule is Cc1cc(-c2noc([C@H](C)N)n2)ccc1F.Cl. The van der Waals surface area contributed by atoms with Gasteiger partial charge in [0.05, 0.1) is 6.04 Å². The lowest BCUT2D eigenvalue weighted by atomic mass is 10.1. The first-order valence-electron chi connectivity index (χ1n) is 4.93. The van der Waals surface area contributed by atoms with Crippen molar-refractivity contribution < 1.29 is 8.91 Å². The van der Waals surface area contributed by atoms with Crippen molar-refractivity contribution in [1.82, 2.24) is 10.1 Å². The van der Waals surface area contributed by atoms with Gasteiger partial charge in [-0.25, -0.2) is 4.39 Å². The van der Waals surface area contributed by atoms with Crippen LogP contribution >= 0.6 is 12.4 Å². The van der Waals surface area contributed by atoms with Crippen LogP contribution in [0, 0.1) is 12.7 Å². The zero-order chi connectivity index (χ0) is 11.7. The van der Waals surface area contributed by atoms with E-state index in [-0.39, 0.29) is 24.3 Å². The summed E-state index contributed by atoms with van der Waals surface area (Å²) in [6.07, 6.45) is 0. The molecule has 4 nitrogen and oxygen atoms in total. The number of aromatic nitrogens is 2. The van der Waals surface area contributed by atoms with Crippen LogP contribution in [0.25, 0.3) is 11.4 Å². The molecule has 1 aromatic heterocycles. The minimum atomic E-state index is -0.303. The van der Waals surface area contributed by atoms with Crippen LogP contribution in [0.15, 0.2) is 22.7 Å². The van der Waals surface area contributed by atoms with E-state index in [0.717, 1.165) is 5.56 Å². The molecule has 2 rings (SSSR count). The van der Waals surface area contributed by atoms with Gasteiger partial charge in [0.15, 0.2) is 0 Å². The summed E-state index contributed by atoms with van der Waals surface area (Å²) in [7, 11) is 0. The maximum absolute atomic E-state index is 13.1. The maximum atomic E-state index is 13.1. The van der Waals surface area contributed by atoms with E-state index < -0.39 is 0 Å². The van der Waals surface area contributed by atoms with Gasteiger partial charge < -0.3 is 10.3 Å². The van der Waals surface area contributed by atoms with E-state index in [1.165, 1.54) is 6.07 Å². The Bertz CT molecular complexity index is 513. The molecular weight excluding hydrogens is 245 g/mol. The van der Waals surface area contributed by atoms with Gasteiger partial charge in [-0.1, -0.05) is 5.16 Å². The van der Waals surface area contributed by atoms with Crippen molar-refractivity contribution in [2.24, 2.45) is 5.73 Å². The van der Waals surface area contributed by atoms with Gasteiger partial charge in [0.25, 0.3) is 0 Å². The van der Waals surface area contributed by atoms with Crippen LogP contribution in [0.3, 0.4) is 0 Å². The summed E-state index contributed by atoms with van der Waals surface area (Å²) in [5.74, 6) is 0.548. The smallest absolute Gasteiger partial charge is 0.243 e. The third-order valence-electron chi connectivity index (χ3n) is 2.25. The fourth-order valence-corrected chi connectivity index (χ4v) is 1.32. The minimum Gasteiger partial charge on any atom is -0.337 e. The van der Waals surface area contributed by atoms with Gasteiger partial charge >= 0.3 is 0 Å². The molecular formula is C11H13ClFN3O. The molecule has 0 fully saturated rings. The molecule has 1 heterocycles. The number of hydrogen-bond donors (Lipinski definition) is 1. The average Bonchev–Trinajstić information content (AvgIpc) is 2.71. The number of hydrogen-bond acceptors (Lipinski definition) is 4. The lowest BCUT2D eigenvalue weighted by Gasteiger charge is -1.98. The topological polar surface area (TPSA) is 64.9 Å². The summed E-state index contributed by atoms with van der Waals surface area (Å²) in [6.45, 7) is 3.44. The summed E-state index contributed by atoms with van der Waals surface area (Å²) in [6, 6.07) is 4.36. The molecule has 0 radical (unpaired) electrons.